The van der Waals surface area contributed by atoms with Crippen molar-refractivity contribution in [1.29, 1.82) is 0 Å². The number of carbonyl (C=O) groups is 1. The Hall–Kier alpha value is -1.32. The highest BCUT2D eigenvalue weighted by Gasteiger charge is 2.08. The van der Waals surface area contributed by atoms with Gasteiger partial charge in [0.1, 0.15) is 13.7 Å². The molecule has 1 aromatic rings. The second kappa shape index (κ2) is 3.39. The van der Waals surface area contributed by atoms with E-state index in [4.69, 9.17) is 5.11 Å². The third kappa shape index (κ3) is 1.64. The maximum Gasteiger partial charge on any atom is 0.338 e. The SMILES string of the molecule is BCc1ccc(C(=O)O)c(F)c1. The van der Waals surface area contributed by atoms with Crippen molar-refractivity contribution in [3.63, 3.8) is 0 Å². The molecule has 0 heterocycles. The Morgan fingerprint density at radius 1 is 1.58 bits per heavy atom. The lowest BCUT2D eigenvalue weighted by molar-refractivity contribution is 0.0692. The number of halogens is 1. The summed E-state index contributed by atoms with van der Waals surface area (Å²) in [7, 11) is 1.88. The molecule has 2 nitrogen and oxygen atoms in total. The van der Waals surface area contributed by atoms with Crippen LogP contribution in [0.3, 0.4) is 0 Å². The molecule has 0 spiro atoms. The summed E-state index contributed by atoms with van der Waals surface area (Å²) in [4.78, 5) is 10.4. The molecule has 1 N–H and O–H groups in total. The molecule has 0 aliphatic rings. The molecule has 0 saturated heterocycles. The van der Waals surface area contributed by atoms with Crippen molar-refractivity contribution >= 4 is 13.8 Å². The van der Waals surface area contributed by atoms with Crippen molar-refractivity contribution in [2.75, 3.05) is 0 Å². The van der Waals surface area contributed by atoms with Gasteiger partial charge in [-0.1, -0.05) is 17.9 Å². The quantitative estimate of drug-likeness (QED) is 0.655. The highest BCUT2D eigenvalue weighted by molar-refractivity contribution is 6.08. The summed E-state index contributed by atoms with van der Waals surface area (Å²) in [5.74, 6) is -1.89. The van der Waals surface area contributed by atoms with E-state index in [9.17, 15) is 9.18 Å². The van der Waals surface area contributed by atoms with Crippen molar-refractivity contribution in [2.24, 2.45) is 0 Å². The third-order valence-electron chi connectivity index (χ3n) is 1.67. The zero-order valence-electron chi connectivity index (χ0n) is 6.67. The normalized spacial score (nSPS) is 9.75. The van der Waals surface area contributed by atoms with Gasteiger partial charge in [-0.2, -0.15) is 0 Å². The van der Waals surface area contributed by atoms with Crippen LogP contribution in [0.2, 0.25) is 0 Å². The third-order valence-corrected chi connectivity index (χ3v) is 1.67. The van der Waals surface area contributed by atoms with E-state index in [2.05, 4.69) is 0 Å². The van der Waals surface area contributed by atoms with E-state index < -0.39 is 11.8 Å². The van der Waals surface area contributed by atoms with Gasteiger partial charge in [-0.05, 0) is 12.1 Å². The Balaban J connectivity index is 3.12. The molecule has 0 bridgehead atoms. The first-order valence-electron chi connectivity index (χ1n) is 3.67. The number of carboxylic acids is 1. The van der Waals surface area contributed by atoms with Crippen molar-refractivity contribution in [3.05, 3.63) is 35.1 Å². The Labute approximate surface area is 70.4 Å². The number of carboxylic acid groups (broad SMARTS) is 1. The first-order valence-corrected chi connectivity index (χ1v) is 3.67. The fourth-order valence-corrected chi connectivity index (χ4v) is 0.952. The van der Waals surface area contributed by atoms with E-state index in [1.54, 1.807) is 6.07 Å². The minimum atomic E-state index is -1.23. The van der Waals surface area contributed by atoms with Gasteiger partial charge < -0.3 is 5.11 Å². The van der Waals surface area contributed by atoms with Gasteiger partial charge in [-0.25, -0.2) is 9.18 Å². The molecular formula is C8H8BFO2. The summed E-state index contributed by atoms with van der Waals surface area (Å²) < 4.78 is 12.9. The highest BCUT2D eigenvalue weighted by Crippen LogP contribution is 2.09. The lowest BCUT2D eigenvalue weighted by Crippen LogP contribution is -2.01. The molecule has 0 saturated carbocycles. The highest BCUT2D eigenvalue weighted by atomic mass is 19.1. The number of aromatic carboxylic acids is 1. The van der Waals surface area contributed by atoms with Gasteiger partial charge in [0.05, 0.1) is 5.56 Å². The van der Waals surface area contributed by atoms with Crippen LogP contribution < -0.4 is 0 Å². The van der Waals surface area contributed by atoms with Crippen LogP contribution in [-0.2, 0) is 6.32 Å². The molecule has 0 radical (unpaired) electrons. The molecule has 0 aromatic heterocycles. The van der Waals surface area contributed by atoms with E-state index in [0.29, 0.717) is 6.32 Å². The lowest BCUT2D eigenvalue weighted by atomic mass is 9.96. The standard InChI is InChI=1S/C8H8BFO2/c9-4-5-1-2-6(8(11)12)7(10)3-5/h1-3H,4,9H2,(H,11,12). The van der Waals surface area contributed by atoms with Crippen LogP contribution in [-0.4, -0.2) is 18.9 Å². The Morgan fingerprint density at radius 2 is 2.25 bits per heavy atom. The van der Waals surface area contributed by atoms with Crippen LogP contribution in [0.4, 0.5) is 4.39 Å². The molecule has 0 unspecified atom stereocenters. The maximum atomic E-state index is 12.9. The second-order valence-electron chi connectivity index (χ2n) is 2.47. The smallest absolute Gasteiger partial charge is 0.338 e. The summed E-state index contributed by atoms with van der Waals surface area (Å²) in [6.07, 6.45) is 0.705. The van der Waals surface area contributed by atoms with Gasteiger partial charge in [0.2, 0.25) is 0 Å². The zero-order valence-corrected chi connectivity index (χ0v) is 6.67. The van der Waals surface area contributed by atoms with Gasteiger partial charge in [-0.3, -0.25) is 0 Å². The van der Waals surface area contributed by atoms with Crippen LogP contribution in [0.1, 0.15) is 15.9 Å². The Kier molecular flexibility index (Phi) is 2.48. The van der Waals surface area contributed by atoms with E-state index in [0.717, 1.165) is 5.56 Å². The number of hydrogen-bond acceptors (Lipinski definition) is 1. The fraction of sp³-hybridized carbons (Fsp3) is 0.125. The van der Waals surface area contributed by atoms with Crippen molar-refractivity contribution in [1.82, 2.24) is 0 Å². The molecule has 0 fully saturated rings. The summed E-state index contributed by atoms with van der Waals surface area (Å²) in [6, 6.07) is 4.16. The number of hydrogen-bond donors (Lipinski definition) is 1. The minimum Gasteiger partial charge on any atom is -0.478 e. The summed E-state index contributed by atoms with van der Waals surface area (Å²) >= 11 is 0. The average molecular weight is 166 g/mol. The molecule has 0 aliphatic carbocycles. The molecule has 62 valence electrons. The van der Waals surface area contributed by atoms with Gasteiger partial charge in [-0.15, -0.1) is 0 Å². The van der Waals surface area contributed by atoms with Crippen molar-refractivity contribution in [2.45, 2.75) is 6.32 Å². The number of benzene rings is 1. The monoisotopic (exact) mass is 166 g/mol. The summed E-state index contributed by atoms with van der Waals surface area (Å²) in [5.41, 5.74) is 0.532. The van der Waals surface area contributed by atoms with Gasteiger partial charge in [0, 0.05) is 0 Å². The Morgan fingerprint density at radius 3 is 2.67 bits per heavy atom. The molecule has 0 aliphatic heterocycles. The largest absolute Gasteiger partial charge is 0.478 e. The summed E-state index contributed by atoms with van der Waals surface area (Å²) in [6.45, 7) is 0. The predicted molar refractivity (Wildman–Crippen MR) is 45.6 cm³/mol. The second-order valence-corrected chi connectivity index (χ2v) is 2.47. The fourth-order valence-electron chi connectivity index (χ4n) is 0.952. The van der Waals surface area contributed by atoms with Crippen LogP contribution in [0, 0.1) is 5.82 Å². The van der Waals surface area contributed by atoms with E-state index in [-0.39, 0.29) is 5.56 Å². The topological polar surface area (TPSA) is 37.3 Å². The van der Waals surface area contributed by atoms with Crippen LogP contribution in [0.25, 0.3) is 0 Å². The molecule has 1 aromatic carbocycles. The van der Waals surface area contributed by atoms with E-state index >= 15 is 0 Å². The van der Waals surface area contributed by atoms with Gasteiger partial charge in [0.15, 0.2) is 0 Å². The Bertz CT molecular complexity index is 312. The molecule has 4 heteroatoms. The van der Waals surface area contributed by atoms with E-state index in [1.807, 2.05) is 7.85 Å². The van der Waals surface area contributed by atoms with Crippen LogP contribution in [0.5, 0.6) is 0 Å². The molecular weight excluding hydrogens is 158 g/mol. The maximum absolute atomic E-state index is 12.9. The van der Waals surface area contributed by atoms with Gasteiger partial charge >= 0.3 is 5.97 Å². The first-order chi connectivity index (χ1) is 5.65. The van der Waals surface area contributed by atoms with E-state index in [1.165, 1.54) is 12.1 Å². The van der Waals surface area contributed by atoms with Crippen molar-refractivity contribution < 1.29 is 14.3 Å². The lowest BCUT2D eigenvalue weighted by Gasteiger charge is -1.99. The first kappa shape index (κ1) is 8.78. The molecule has 0 amide bonds. The molecule has 12 heavy (non-hydrogen) atoms. The summed E-state index contributed by atoms with van der Waals surface area (Å²) in [5, 5.41) is 8.49. The van der Waals surface area contributed by atoms with Crippen LogP contribution >= 0.6 is 0 Å². The average Bonchev–Trinajstić information content (AvgIpc) is 2.03. The predicted octanol–water partition coefficient (Wildman–Crippen LogP) is 0.657. The molecule has 0 atom stereocenters. The number of rotatable bonds is 2. The molecule has 1 rings (SSSR count). The zero-order chi connectivity index (χ0) is 9.14. The van der Waals surface area contributed by atoms with Crippen molar-refractivity contribution in [3.8, 4) is 0 Å². The minimum absolute atomic E-state index is 0.271. The van der Waals surface area contributed by atoms with Crippen LogP contribution in [0.15, 0.2) is 18.2 Å². The van der Waals surface area contributed by atoms with Gasteiger partial charge in [0.25, 0.3) is 0 Å².